The van der Waals surface area contributed by atoms with Crippen LogP contribution in [0.4, 0.5) is 0 Å². The van der Waals surface area contributed by atoms with E-state index in [0.717, 1.165) is 16.5 Å². The first-order valence-corrected chi connectivity index (χ1v) is 9.36. The van der Waals surface area contributed by atoms with Gasteiger partial charge in [0.1, 0.15) is 0 Å². The van der Waals surface area contributed by atoms with E-state index in [0.29, 0.717) is 30.0 Å². The highest BCUT2D eigenvalue weighted by atomic mass is 79.9. The molecule has 1 aliphatic carbocycles. The molecule has 1 aromatic rings. The number of amides is 1. The van der Waals surface area contributed by atoms with Crippen LogP contribution in [0.5, 0.6) is 11.5 Å². The zero-order valence-corrected chi connectivity index (χ0v) is 15.8. The fourth-order valence-electron chi connectivity index (χ4n) is 3.86. The van der Waals surface area contributed by atoms with Crippen LogP contribution in [0.25, 0.3) is 0 Å². The summed E-state index contributed by atoms with van der Waals surface area (Å²) in [7, 11) is 3.22. The normalized spacial score (nSPS) is 25.9. The molecule has 1 aromatic carbocycles. The van der Waals surface area contributed by atoms with Crippen LogP contribution in [-0.4, -0.2) is 32.2 Å². The van der Waals surface area contributed by atoms with Gasteiger partial charge in [0.05, 0.1) is 20.3 Å². The Labute approximate surface area is 151 Å². The predicted molar refractivity (Wildman–Crippen MR) is 96.4 cm³/mol. The first kappa shape index (κ1) is 17.5. The zero-order valence-electron chi connectivity index (χ0n) is 14.2. The van der Waals surface area contributed by atoms with Crippen LogP contribution in [0.2, 0.25) is 0 Å². The highest BCUT2D eigenvalue weighted by Crippen LogP contribution is 2.34. The molecule has 3 atom stereocenters. The van der Waals surface area contributed by atoms with Gasteiger partial charge in [-0.25, -0.2) is 0 Å². The van der Waals surface area contributed by atoms with Crippen molar-refractivity contribution in [2.75, 3.05) is 14.2 Å². The molecule has 24 heavy (non-hydrogen) atoms. The van der Waals surface area contributed by atoms with Gasteiger partial charge in [0.2, 0.25) is 5.91 Å². The van der Waals surface area contributed by atoms with Gasteiger partial charge in [-0.15, -0.1) is 0 Å². The minimum atomic E-state index is -0.0583. The number of hydrogen-bond acceptors (Lipinski definition) is 4. The second-order valence-corrected chi connectivity index (χ2v) is 7.48. The smallest absolute Gasteiger partial charge is 0.237 e. The summed E-state index contributed by atoms with van der Waals surface area (Å²) in [6, 6.07) is 4.23. The molecule has 3 rings (SSSR count). The summed E-state index contributed by atoms with van der Waals surface area (Å²) in [4.78, 5) is 12.5. The van der Waals surface area contributed by atoms with Crippen LogP contribution in [0.3, 0.4) is 0 Å². The van der Waals surface area contributed by atoms with Crippen LogP contribution >= 0.6 is 15.9 Å². The second-order valence-electron chi connectivity index (χ2n) is 6.62. The maximum absolute atomic E-state index is 12.5. The summed E-state index contributed by atoms with van der Waals surface area (Å²) in [5, 5.41) is 6.57. The van der Waals surface area contributed by atoms with E-state index in [1.165, 1.54) is 25.7 Å². The zero-order chi connectivity index (χ0) is 17.1. The van der Waals surface area contributed by atoms with Crippen molar-refractivity contribution in [2.24, 2.45) is 5.92 Å². The molecule has 3 unspecified atom stereocenters. The minimum Gasteiger partial charge on any atom is -0.493 e. The van der Waals surface area contributed by atoms with Gasteiger partial charge in [0.25, 0.3) is 0 Å². The molecule has 0 bridgehead atoms. The number of benzene rings is 1. The van der Waals surface area contributed by atoms with Crippen LogP contribution in [-0.2, 0) is 11.3 Å². The Morgan fingerprint density at radius 1 is 1.25 bits per heavy atom. The first-order valence-electron chi connectivity index (χ1n) is 8.56. The van der Waals surface area contributed by atoms with E-state index in [4.69, 9.17) is 9.47 Å². The molecule has 1 aliphatic heterocycles. The highest BCUT2D eigenvalue weighted by Gasteiger charge is 2.38. The van der Waals surface area contributed by atoms with E-state index in [1.54, 1.807) is 14.2 Å². The Bertz CT molecular complexity index is 594. The van der Waals surface area contributed by atoms with E-state index < -0.39 is 0 Å². The summed E-state index contributed by atoms with van der Waals surface area (Å²) >= 11 is 3.53. The molecule has 0 radical (unpaired) electrons. The molecule has 1 saturated heterocycles. The van der Waals surface area contributed by atoms with Crippen molar-refractivity contribution in [1.82, 2.24) is 10.6 Å². The van der Waals surface area contributed by atoms with Crippen molar-refractivity contribution in [1.29, 1.82) is 0 Å². The molecule has 2 fully saturated rings. The fraction of sp³-hybridized carbons (Fsp3) is 0.611. The predicted octanol–water partition coefficient (Wildman–Crippen LogP) is 3.00. The molecular formula is C18H25BrN2O3. The Morgan fingerprint density at radius 3 is 2.67 bits per heavy atom. The van der Waals surface area contributed by atoms with Crippen molar-refractivity contribution in [2.45, 2.75) is 50.7 Å². The Morgan fingerprint density at radius 2 is 1.96 bits per heavy atom. The summed E-state index contributed by atoms with van der Waals surface area (Å²) in [6.07, 6.45) is 6.00. The van der Waals surface area contributed by atoms with E-state index in [9.17, 15) is 4.79 Å². The summed E-state index contributed by atoms with van der Waals surface area (Å²) in [6.45, 7) is 0.466. The number of nitrogens with one attached hydrogen (secondary N) is 2. The molecule has 0 aromatic heterocycles. The molecule has 1 saturated carbocycles. The Hall–Kier alpha value is -1.27. The van der Waals surface area contributed by atoms with Gasteiger partial charge in [-0.3, -0.25) is 4.79 Å². The Kier molecular flexibility index (Phi) is 5.66. The molecule has 132 valence electrons. The average molecular weight is 397 g/mol. The van der Waals surface area contributed by atoms with Crippen LogP contribution in [0.1, 0.15) is 37.7 Å². The summed E-state index contributed by atoms with van der Waals surface area (Å²) < 4.78 is 11.5. The SMILES string of the molecule is COc1cc(Br)c(CNC(=O)C2CC3CCCCC3N2)cc1OC. The molecule has 1 heterocycles. The molecule has 1 amide bonds. The third kappa shape index (κ3) is 3.70. The molecule has 5 nitrogen and oxygen atoms in total. The number of fused-ring (bicyclic) bond motifs is 1. The van der Waals surface area contributed by atoms with Crippen molar-refractivity contribution < 1.29 is 14.3 Å². The van der Waals surface area contributed by atoms with Crippen molar-refractivity contribution >= 4 is 21.8 Å². The number of halogens is 1. The topological polar surface area (TPSA) is 59.6 Å². The van der Waals surface area contributed by atoms with Gasteiger partial charge in [0, 0.05) is 17.1 Å². The van der Waals surface area contributed by atoms with Crippen molar-refractivity contribution in [3.05, 3.63) is 22.2 Å². The molecule has 0 spiro atoms. The fourth-order valence-corrected chi connectivity index (χ4v) is 4.32. The van der Waals surface area contributed by atoms with Gasteiger partial charge in [0.15, 0.2) is 11.5 Å². The van der Waals surface area contributed by atoms with Crippen LogP contribution in [0, 0.1) is 5.92 Å². The minimum absolute atomic E-state index is 0.0583. The van der Waals surface area contributed by atoms with Gasteiger partial charge in [-0.05, 0) is 42.9 Å². The average Bonchev–Trinajstić information content (AvgIpc) is 3.04. The van der Waals surface area contributed by atoms with E-state index >= 15 is 0 Å². The number of hydrogen-bond donors (Lipinski definition) is 2. The standard InChI is InChI=1S/C18H25BrN2O3/c1-23-16-8-12(13(19)9-17(16)24-2)10-20-18(22)15-7-11-5-3-4-6-14(11)21-15/h8-9,11,14-15,21H,3-7,10H2,1-2H3,(H,20,22). The molecule has 2 aliphatic rings. The monoisotopic (exact) mass is 396 g/mol. The number of methoxy groups -OCH3 is 2. The van der Waals surface area contributed by atoms with E-state index in [-0.39, 0.29) is 11.9 Å². The van der Waals surface area contributed by atoms with Crippen molar-refractivity contribution in [3.8, 4) is 11.5 Å². The maximum Gasteiger partial charge on any atom is 0.237 e. The van der Waals surface area contributed by atoms with Gasteiger partial charge < -0.3 is 20.1 Å². The maximum atomic E-state index is 12.5. The van der Waals surface area contributed by atoms with Gasteiger partial charge in [-0.2, -0.15) is 0 Å². The summed E-state index contributed by atoms with van der Waals surface area (Å²) in [5.74, 6) is 2.09. The van der Waals surface area contributed by atoms with Crippen LogP contribution < -0.4 is 20.1 Å². The van der Waals surface area contributed by atoms with E-state index in [2.05, 4.69) is 26.6 Å². The molecular weight excluding hydrogens is 372 g/mol. The molecule has 6 heteroatoms. The number of carbonyl (C=O) groups is 1. The third-order valence-corrected chi connectivity index (χ3v) is 5.92. The lowest BCUT2D eigenvalue weighted by atomic mass is 9.85. The van der Waals surface area contributed by atoms with Crippen molar-refractivity contribution in [3.63, 3.8) is 0 Å². The van der Waals surface area contributed by atoms with Gasteiger partial charge in [-0.1, -0.05) is 28.8 Å². The lowest BCUT2D eigenvalue weighted by Crippen LogP contribution is -2.42. The number of rotatable bonds is 5. The Balaban J connectivity index is 1.60. The van der Waals surface area contributed by atoms with Gasteiger partial charge >= 0.3 is 0 Å². The lowest BCUT2D eigenvalue weighted by molar-refractivity contribution is -0.123. The number of carbonyl (C=O) groups excluding carboxylic acids is 1. The van der Waals surface area contributed by atoms with Crippen LogP contribution in [0.15, 0.2) is 16.6 Å². The highest BCUT2D eigenvalue weighted by molar-refractivity contribution is 9.10. The lowest BCUT2D eigenvalue weighted by Gasteiger charge is -2.24. The largest absolute Gasteiger partial charge is 0.493 e. The second kappa shape index (κ2) is 7.74. The quantitative estimate of drug-likeness (QED) is 0.802. The van der Waals surface area contributed by atoms with E-state index in [1.807, 2.05) is 12.1 Å². The molecule has 2 N–H and O–H groups in total. The first-order chi connectivity index (χ1) is 11.6. The summed E-state index contributed by atoms with van der Waals surface area (Å²) in [5.41, 5.74) is 0.969. The third-order valence-electron chi connectivity index (χ3n) is 5.18. The number of ether oxygens (including phenoxy) is 2.